The van der Waals surface area contributed by atoms with E-state index in [0.717, 1.165) is 12.6 Å². The molecule has 0 aromatic carbocycles. The summed E-state index contributed by atoms with van der Waals surface area (Å²) in [5.74, 6) is 2.59. The molecule has 1 aliphatic heterocycles. The molecule has 66 valence electrons. The maximum Gasteiger partial charge on any atom is 0.0252 e. The molecule has 0 aliphatic carbocycles. The molecule has 2 rings (SSSR count). The van der Waals surface area contributed by atoms with E-state index in [-0.39, 0.29) is 0 Å². The Kier molecular flexibility index (Phi) is 2.73. The average molecular weight is 199 g/mol. The van der Waals surface area contributed by atoms with Crippen molar-refractivity contribution in [3.8, 4) is 0 Å². The number of nitrogens with one attached hydrogen (secondary N) is 1. The minimum Gasteiger partial charge on any atom is -0.308 e. The molecule has 0 atom stereocenters. The van der Waals surface area contributed by atoms with Crippen molar-refractivity contribution in [3.05, 3.63) is 21.9 Å². The number of rotatable bonds is 3. The molecule has 1 aliphatic rings. The van der Waals surface area contributed by atoms with E-state index < -0.39 is 0 Å². The van der Waals surface area contributed by atoms with E-state index in [1.807, 2.05) is 11.8 Å². The van der Waals surface area contributed by atoms with Gasteiger partial charge >= 0.3 is 0 Å². The van der Waals surface area contributed by atoms with Crippen molar-refractivity contribution in [1.29, 1.82) is 0 Å². The summed E-state index contributed by atoms with van der Waals surface area (Å²) >= 11 is 3.82. The molecule has 1 nitrogen and oxygen atoms in total. The third kappa shape index (κ3) is 1.84. The Bertz CT molecular complexity index is 253. The average Bonchev–Trinajstić information content (AvgIpc) is 2.33. The van der Waals surface area contributed by atoms with Crippen LogP contribution in [0.5, 0.6) is 0 Å². The maximum absolute atomic E-state index is 3.55. The van der Waals surface area contributed by atoms with Gasteiger partial charge in [-0.05, 0) is 28.8 Å². The van der Waals surface area contributed by atoms with Crippen LogP contribution in [0.25, 0.3) is 0 Å². The van der Waals surface area contributed by atoms with Gasteiger partial charge in [0.15, 0.2) is 0 Å². The van der Waals surface area contributed by atoms with Crippen molar-refractivity contribution in [2.75, 3.05) is 11.5 Å². The van der Waals surface area contributed by atoms with E-state index in [9.17, 15) is 0 Å². The van der Waals surface area contributed by atoms with Crippen LogP contribution in [0.1, 0.15) is 11.1 Å². The van der Waals surface area contributed by atoms with Gasteiger partial charge in [-0.25, -0.2) is 0 Å². The highest BCUT2D eigenvalue weighted by molar-refractivity contribution is 8.00. The second-order valence-corrected chi connectivity index (χ2v) is 5.01. The third-order valence-electron chi connectivity index (χ3n) is 2.18. The van der Waals surface area contributed by atoms with Crippen LogP contribution in [0.15, 0.2) is 10.8 Å². The lowest BCUT2D eigenvalue weighted by atomic mass is 10.2. The fourth-order valence-electron chi connectivity index (χ4n) is 1.18. The van der Waals surface area contributed by atoms with E-state index in [2.05, 4.69) is 23.0 Å². The van der Waals surface area contributed by atoms with Gasteiger partial charge in [-0.1, -0.05) is 0 Å². The number of hydrogen-bond acceptors (Lipinski definition) is 3. The summed E-state index contributed by atoms with van der Waals surface area (Å²) in [7, 11) is 0. The minimum atomic E-state index is 0.772. The quantitative estimate of drug-likeness (QED) is 0.801. The molecule has 0 spiro atoms. The van der Waals surface area contributed by atoms with E-state index in [1.54, 1.807) is 11.3 Å². The lowest BCUT2D eigenvalue weighted by molar-refractivity contribution is 0.583. The molecule has 0 bridgehead atoms. The van der Waals surface area contributed by atoms with Crippen LogP contribution in [-0.4, -0.2) is 17.5 Å². The molecule has 0 radical (unpaired) electrons. The summed E-state index contributed by atoms with van der Waals surface area (Å²) in [6, 6.07) is 0.772. The molecule has 2 heterocycles. The Morgan fingerprint density at radius 1 is 1.50 bits per heavy atom. The molecule has 0 saturated carbocycles. The molecular weight excluding hydrogens is 186 g/mol. The first-order valence-corrected chi connectivity index (χ1v) is 6.29. The first-order valence-electron chi connectivity index (χ1n) is 4.19. The van der Waals surface area contributed by atoms with Crippen molar-refractivity contribution in [2.45, 2.75) is 19.5 Å². The predicted octanol–water partition coefficient (Wildman–Crippen LogP) is 2.26. The van der Waals surface area contributed by atoms with Crippen molar-refractivity contribution < 1.29 is 0 Å². The zero-order valence-electron chi connectivity index (χ0n) is 7.17. The van der Waals surface area contributed by atoms with Crippen LogP contribution >= 0.6 is 23.1 Å². The van der Waals surface area contributed by atoms with Gasteiger partial charge in [0.1, 0.15) is 0 Å². The van der Waals surface area contributed by atoms with Crippen molar-refractivity contribution in [3.63, 3.8) is 0 Å². The summed E-state index contributed by atoms with van der Waals surface area (Å²) in [5.41, 5.74) is 2.90. The van der Waals surface area contributed by atoms with Crippen LogP contribution in [-0.2, 0) is 6.54 Å². The Balaban J connectivity index is 1.82. The highest BCUT2D eigenvalue weighted by atomic mass is 32.2. The molecular formula is C9H13NS2. The van der Waals surface area contributed by atoms with Crippen LogP contribution < -0.4 is 5.32 Å². The normalized spacial score (nSPS) is 17.8. The fraction of sp³-hybridized carbons (Fsp3) is 0.556. The molecule has 0 unspecified atom stereocenters. The highest BCUT2D eigenvalue weighted by Crippen LogP contribution is 2.19. The van der Waals surface area contributed by atoms with Crippen molar-refractivity contribution in [2.24, 2.45) is 0 Å². The van der Waals surface area contributed by atoms with Crippen molar-refractivity contribution >= 4 is 23.1 Å². The lowest BCUT2D eigenvalue weighted by Crippen LogP contribution is -2.39. The predicted molar refractivity (Wildman–Crippen MR) is 57.0 cm³/mol. The standard InChI is InChI=1S/C9H13NS2/c1-7-3-11-4-8(7)2-10-9-5-12-6-9/h3-4,9-10H,2,5-6H2,1H3. The van der Waals surface area contributed by atoms with Gasteiger partial charge in [0, 0.05) is 24.1 Å². The van der Waals surface area contributed by atoms with Crippen LogP contribution in [0.4, 0.5) is 0 Å². The van der Waals surface area contributed by atoms with E-state index >= 15 is 0 Å². The molecule has 1 aromatic rings. The minimum absolute atomic E-state index is 0.772. The molecule has 1 saturated heterocycles. The highest BCUT2D eigenvalue weighted by Gasteiger charge is 2.16. The van der Waals surface area contributed by atoms with E-state index in [0.29, 0.717) is 0 Å². The maximum atomic E-state index is 3.55. The Labute approximate surface area is 81.6 Å². The van der Waals surface area contributed by atoms with Gasteiger partial charge < -0.3 is 5.32 Å². The van der Waals surface area contributed by atoms with E-state index in [4.69, 9.17) is 0 Å². The van der Waals surface area contributed by atoms with Crippen LogP contribution in [0.2, 0.25) is 0 Å². The monoisotopic (exact) mass is 199 g/mol. The Morgan fingerprint density at radius 3 is 2.83 bits per heavy atom. The largest absolute Gasteiger partial charge is 0.308 e. The van der Waals surface area contributed by atoms with Gasteiger partial charge in [-0.2, -0.15) is 23.1 Å². The number of thioether (sulfide) groups is 1. The number of hydrogen-bond donors (Lipinski definition) is 1. The second kappa shape index (κ2) is 3.81. The van der Waals surface area contributed by atoms with Gasteiger partial charge in [-0.15, -0.1) is 0 Å². The number of thiophene rings is 1. The Morgan fingerprint density at radius 2 is 2.33 bits per heavy atom. The molecule has 1 fully saturated rings. The van der Waals surface area contributed by atoms with Crippen molar-refractivity contribution in [1.82, 2.24) is 5.32 Å². The summed E-state index contributed by atoms with van der Waals surface area (Å²) in [4.78, 5) is 0. The Hall–Kier alpha value is 0.01000. The molecule has 0 amide bonds. The summed E-state index contributed by atoms with van der Waals surface area (Å²) in [5, 5.41) is 8.01. The number of aryl methyl sites for hydroxylation is 1. The van der Waals surface area contributed by atoms with Gasteiger partial charge in [0.2, 0.25) is 0 Å². The molecule has 3 heteroatoms. The second-order valence-electron chi connectivity index (χ2n) is 3.20. The summed E-state index contributed by atoms with van der Waals surface area (Å²) < 4.78 is 0. The van der Waals surface area contributed by atoms with Crippen LogP contribution in [0.3, 0.4) is 0 Å². The smallest absolute Gasteiger partial charge is 0.0252 e. The molecule has 12 heavy (non-hydrogen) atoms. The summed E-state index contributed by atoms with van der Waals surface area (Å²) in [6.45, 7) is 3.24. The SMILES string of the molecule is Cc1cscc1CNC1CSC1. The third-order valence-corrected chi connectivity index (χ3v) is 4.37. The molecule has 1 N–H and O–H groups in total. The van der Waals surface area contributed by atoms with Crippen LogP contribution in [0, 0.1) is 6.92 Å². The fourth-order valence-corrected chi connectivity index (χ4v) is 2.74. The molecule has 1 aromatic heterocycles. The zero-order valence-corrected chi connectivity index (χ0v) is 8.80. The topological polar surface area (TPSA) is 12.0 Å². The first-order chi connectivity index (χ1) is 5.86. The summed E-state index contributed by atoms with van der Waals surface area (Å²) in [6.07, 6.45) is 0. The van der Waals surface area contributed by atoms with Gasteiger partial charge in [0.05, 0.1) is 0 Å². The first kappa shape index (κ1) is 8.60. The van der Waals surface area contributed by atoms with E-state index in [1.165, 1.54) is 22.6 Å². The zero-order chi connectivity index (χ0) is 8.39. The van der Waals surface area contributed by atoms with Gasteiger partial charge in [-0.3, -0.25) is 0 Å². The lowest BCUT2D eigenvalue weighted by Gasteiger charge is -2.25. The van der Waals surface area contributed by atoms with Gasteiger partial charge in [0.25, 0.3) is 0 Å².